The number of thiazole rings is 1. The van der Waals surface area contributed by atoms with Crippen LogP contribution in [0.15, 0.2) is 36.0 Å². The molecule has 11 heteroatoms. The Morgan fingerprint density at radius 1 is 1.29 bits per heavy atom. The summed E-state index contributed by atoms with van der Waals surface area (Å²) in [5, 5.41) is 29.7. The topological polar surface area (TPSA) is 102 Å². The molecule has 144 valence electrons. The molecule has 1 atom stereocenters. The van der Waals surface area contributed by atoms with E-state index in [2.05, 4.69) is 30.6 Å². The molecule has 4 aromatic rings. The fourth-order valence-corrected chi connectivity index (χ4v) is 4.17. The Hall–Kier alpha value is -2.76. The van der Waals surface area contributed by atoms with E-state index < -0.39 is 5.60 Å². The van der Waals surface area contributed by atoms with Gasteiger partial charge in [-0.1, -0.05) is 11.3 Å². The lowest BCUT2D eigenvalue weighted by atomic mass is 10.1. The molecule has 0 radical (unpaired) electrons. The van der Waals surface area contributed by atoms with Crippen LogP contribution in [0.3, 0.4) is 0 Å². The van der Waals surface area contributed by atoms with Crippen LogP contribution in [0.25, 0.3) is 0 Å². The van der Waals surface area contributed by atoms with Crippen LogP contribution in [0, 0.1) is 12.7 Å². The molecule has 2 N–H and O–H groups in total. The van der Waals surface area contributed by atoms with Gasteiger partial charge in [-0.25, -0.2) is 9.37 Å². The predicted octanol–water partition coefficient (Wildman–Crippen LogP) is 3.08. The van der Waals surface area contributed by atoms with E-state index >= 15 is 0 Å². The number of rotatable bonds is 6. The van der Waals surface area contributed by atoms with Crippen LogP contribution in [0.2, 0.25) is 0 Å². The van der Waals surface area contributed by atoms with Crippen molar-refractivity contribution in [3.05, 3.63) is 63.2 Å². The number of pyridine rings is 1. The van der Waals surface area contributed by atoms with E-state index in [1.54, 1.807) is 36.1 Å². The van der Waals surface area contributed by atoms with Gasteiger partial charge in [0.2, 0.25) is 5.13 Å². The van der Waals surface area contributed by atoms with Crippen LogP contribution in [-0.4, -0.2) is 35.1 Å². The molecule has 8 nitrogen and oxygen atoms in total. The Morgan fingerprint density at radius 3 is 2.89 bits per heavy atom. The second-order valence-corrected chi connectivity index (χ2v) is 8.07. The van der Waals surface area contributed by atoms with Gasteiger partial charge in [-0.3, -0.25) is 9.67 Å². The van der Waals surface area contributed by atoms with Gasteiger partial charge in [0, 0.05) is 29.5 Å². The van der Waals surface area contributed by atoms with Crippen LogP contribution in [-0.2, 0) is 12.1 Å². The predicted molar refractivity (Wildman–Crippen MR) is 104 cm³/mol. The summed E-state index contributed by atoms with van der Waals surface area (Å²) < 4.78 is 15.3. The molecule has 0 aliphatic rings. The van der Waals surface area contributed by atoms with Crippen LogP contribution in [0.5, 0.6) is 0 Å². The molecule has 4 heterocycles. The van der Waals surface area contributed by atoms with Crippen molar-refractivity contribution in [3.8, 4) is 0 Å². The second kappa shape index (κ2) is 7.34. The van der Waals surface area contributed by atoms with E-state index in [0.717, 1.165) is 5.69 Å². The van der Waals surface area contributed by atoms with Crippen LogP contribution >= 0.6 is 22.7 Å². The van der Waals surface area contributed by atoms with Gasteiger partial charge in [0.15, 0.2) is 16.4 Å². The van der Waals surface area contributed by atoms with E-state index in [-0.39, 0.29) is 12.4 Å². The van der Waals surface area contributed by atoms with Gasteiger partial charge in [-0.2, -0.15) is 5.10 Å². The molecule has 0 amide bonds. The first kappa shape index (κ1) is 18.6. The smallest absolute Gasteiger partial charge is 0.211 e. The first-order valence-electron chi connectivity index (χ1n) is 8.30. The highest BCUT2D eigenvalue weighted by molar-refractivity contribution is 7.15. The number of nitrogens with one attached hydrogen (secondary N) is 1. The molecule has 0 spiro atoms. The third-order valence-corrected chi connectivity index (χ3v) is 6.12. The summed E-state index contributed by atoms with van der Waals surface area (Å²) in [5.41, 5.74) is -0.157. The largest absolute Gasteiger partial charge is 0.376 e. The van der Waals surface area contributed by atoms with Gasteiger partial charge in [-0.05, 0) is 26.0 Å². The Labute approximate surface area is 167 Å². The zero-order chi connectivity index (χ0) is 19.7. The van der Waals surface area contributed by atoms with Crippen molar-refractivity contribution in [3.63, 3.8) is 0 Å². The van der Waals surface area contributed by atoms with Crippen LogP contribution in [0.4, 0.5) is 15.3 Å². The molecule has 0 saturated carbocycles. The number of hydrogen-bond donors (Lipinski definition) is 2. The van der Waals surface area contributed by atoms with Gasteiger partial charge in [0.1, 0.15) is 10.8 Å². The van der Waals surface area contributed by atoms with E-state index in [1.165, 1.54) is 28.7 Å². The van der Waals surface area contributed by atoms with Crippen molar-refractivity contribution in [1.29, 1.82) is 0 Å². The quantitative estimate of drug-likeness (QED) is 0.497. The summed E-state index contributed by atoms with van der Waals surface area (Å²) in [6.45, 7) is 3.73. The molecule has 0 aliphatic carbocycles. The van der Waals surface area contributed by atoms with E-state index in [9.17, 15) is 9.50 Å². The number of hydrogen-bond acceptors (Lipinski definition) is 9. The third kappa shape index (κ3) is 3.77. The highest BCUT2D eigenvalue weighted by atomic mass is 32.1. The Morgan fingerprint density at radius 2 is 2.14 bits per heavy atom. The molecule has 0 bridgehead atoms. The molecule has 0 aliphatic heterocycles. The van der Waals surface area contributed by atoms with Crippen molar-refractivity contribution in [1.82, 2.24) is 29.9 Å². The monoisotopic (exact) mass is 417 g/mol. The lowest BCUT2D eigenvalue weighted by molar-refractivity contribution is 0.101. The Bertz CT molecular complexity index is 1100. The molecule has 4 rings (SSSR count). The Kier molecular flexibility index (Phi) is 4.87. The molecule has 0 fully saturated rings. The van der Waals surface area contributed by atoms with Crippen molar-refractivity contribution >= 4 is 33.6 Å². The normalized spacial score (nSPS) is 13.4. The molecular formula is C17H16FN7OS2. The number of nitrogens with zero attached hydrogens (tertiary/aromatic N) is 6. The second-order valence-electron chi connectivity index (χ2n) is 6.23. The number of aliphatic hydroxyl groups is 1. The lowest BCUT2D eigenvalue weighted by Crippen LogP contribution is -2.22. The van der Waals surface area contributed by atoms with E-state index in [1.807, 2.05) is 12.3 Å². The molecule has 0 saturated heterocycles. The van der Waals surface area contributed by atoms with Gasteiger partial charge in [0.25, 0.3) is 0 Å². The molecule has 28 heavy (non-hydrogen) atoms. The van der Waals surface area contributed by atoms with Crippen molar-refractivity contribution in [2.24, 2.45) is 0 Å². The molecule has 0 unspecified atom stereocenters. The van der Waals surface area contributed by atoms with Crippen LogP contribution < -0.4 is 5.32 Å². The summed E-state index contributed by atoms with van der Waals surface area (Å²) in [6, 6.07) is 4.65. The van der Waals surface area contributed by atoms with Gasteiger partial charge in [0.05, 0.1) is 12.2 Å². The minimum atomic E-state index is -1.31. The molecular weight excluding hydrogens is 401 g/mol. The standard InChI is InChI=1S/C17H16FN7OS2/c1-10-9-27-14(20-10)17(2,26)15-22-23-16(28-15)21-13-5-7-25(24-13)8-12-11(18)4-3-6-19-12/h3-7,9,26H,8H2,1-2H3,(H,21,23,24)/t17-/m1/s1. The minimum Gasteiger partial charge on any atom is -0.376 e. The Balaban J connectivity index is 1.47. The average molecular weight is 417 g/mol. The highest BCUT2D eigenvalue weighted by Crippen LogP contribution is 2.34. The SMILES string of the molecule is Cc1csc([C@@](C)(O)c2nnc(Nc3ccn(Cc4ncccc4F)n3)s2)n1. The van der Waals surface area contributed by atoms with Crippen LogP contribution in [0.1, 0.15) is 28.3 Å². The number of aryl methyl sites for hydroxylation is 1. The van der Waals surface area contributed by atoms with Gasteiger partial charge >= 0.3 is 0 Å². The lowest BCUT2D eigenvalue weighted by Gasteiger charge is -2.16. The van der Waals surface area contributed by atoms with Crippen molar-refractivity contribution in [2.45, 2.75) is 26.0 Å². The summed E-state index contributed by atoms with van der Waals surface area (Å²) in [5.74, 6) is 0.157. The maximum atomic E-state index is 13.7. The molecule has 4 aromatic heterocycles. The maximum absolute atomic E-state index is 13.7. The first-order valence-corrected chi connectivity index (χ1v) is 10.0. The van der Waals surface area contributed by atoms with Crippen molar-refractivity contribution in [2.75, 3.05) is 5.32 Å². The van der Waals surface area contributed by atoms with Crippen molar-refractivity contribution < 1.29 is 9.50 Å². The summed E-state index contributed by atoms with van der Waals surface area (Å²) in [6.07, 6.45) is 3.26. The zero-order valence-corrected chi connectivity index (χ0v) is 16.6. The minimum absolute atomic E-state index is 0.216. The summed E-state index contributed by atoms with van der Waals surface area (Å²) >= 11 is 2.59. The first-order chi connectivity index (χ1) is 13.4. The average Bonchev–Trinajstić information content (AvgIpc) is 3.39. The third-order valence-electron chi connectivity index (χ3n) is 3.90. The summed E-state index contributed by atoms with van der Waals surface area (Å²) in [7, 11) is 0. The number of aromatic nitrogens is 6. The van der Waals surface area contributed by atoms with E-state index in [0.29, 0.717) is 26.7 Å². The zero-order valence-electron chi connectivity index (χ0n) is 15.0. The highest BCUT2D eigenvalue weighted by Gasteiger charge is 2.33. The molecule has 0 aromatic carbocycles. The fourth-order valence-electron chi connectivity index (χ4n) is 2.45. The number of halogens is 1. The fraction of sp³-hybridized carbons (Fsp3) is 0.235. The van der Waals surface area contributed by atoms with E-state index in [4.69, 9.17) is 0 Å². The van der Waals surface area contributed by atoms with Gasteiger partial charge in [-0.15, -0.1) is 21.5 Å². The van der Waals surface area contributed by atoms with Gasteiger partial charge < -0.3 is 10.4 Å². The maximum Gasteiger partial charge on any atom is 0.211 e. The number of anilines is 2. The summed E-state index contributed by atoms with van der Waals surface area (Å²) in [4.78, 5) is 8.36.